The Bertz CT molecular complexity index is 2580. The maximum Gasteiger partial charge on any atom is 0.328 e. The number of aromatic nitrogens is 6. The van der Waals surface area contributed by atoms with Gasteiger partial charge < -0.3 is 20.1 Å². The molecule has 320 valence electrons. The molecule has 3 saturated heterocycles. The number of carbonyl (C=O) groups excluding carboxylic acids is 3. The number of benzene rings is 3. The molecule has 15 heteroatoms. The van der Waals surface area contributed by atoms with Crippen LogP contribution in [-0.4, -0.2) is 105 Å². The van der Waals surface area contributed by atoms with Gasteiger partial charge in [0.2, 0.25) is 5.91 Å². The van der Waals surface area contributed by atoms with Gasteiger partial charge in [0.25, 0.3) is 5.91 Å². The molecular formula is C47H54N12O3. The maximum absolute atomic E-state index is 12.8. The van der Waals surface area contributed by atoms with Crippen LogP contribution in [0.4, 0.5) is 21.9 Å². The molecule has 4 amide bonds. The molecule has 62 heavy (non-hydrogen) atoms. The average Bonchev–Trinajstić information content (AvgIpc) is 3.96. The summed E-state index contributed by atoms with van der Waals surface area (Å²) in [7, 11) is 0. The molecule has 6 heterocycles. The monoisotopic (exact) mass is 834 g/mol. The van der Waals surface area contributed by atoms with Crippen LogP contribution >= 0.6 is 0 Å². The molecule has 0 saturated carbocycles. The zero-order valence-corrected chi connectivity index (χ0v) is 35.9. The Hall–Kier alpha value is -6.61. The highest BCUT2D eigenvalue weighted by Crippen LogP contribution is 2.33. The van der Waals surface area contributed by atoms with Crippen molar-refractivity contribution in [3.8, 4) is 22.5 Å². The molecule has 0 spiro atoms. The summed E-state index contributed by atoms with van der Waals surface area (Å²) in [5, 5.41) is 14.5. The summed E-state index contributed by atoms with van der Waals surface area (Å²) in [5.41, 5.74) is 10.0. The first-order chi connectivity index (χ1) is 29.9. The van der Waals surface area contributed by atoms with E-state index in [0.29, 0.717) is 31.1 Å². The third kappa shape index (κ3) is 8.75. The number of imide groups is 1. The minimum Gasteiger partial charge on any atom is -0.372 e. The lowest BCUT2D eigenvalue weighted by atomic mass is 9.95. The number of hydrogen-bond donors (Lipinski definition) is 3. The molecule has 0 atom stereocenters. The summed E-state index contributed by atoms with van der Waals surface area (Å²) in [6.45, 7) is 16.2. The van der Waals surface area contributed by atoms with E-state index in [1.807, 2.05) is 52.0 Å². The van der Waals surface area contributed by atoms with Gasteiger partial charge in [0, 0.05) is 99.0 Å². The van der Waals surface area contributed by atoms with Gasteiger partial charge in [-0.2, -0.15) is 0 Å². The van der Waals surface area contributed by atoms with Crippen molar-refractivity contribution < 1.29 is 14.4 Å². The summed E-state index contributed by atoms with van der Waals surface area (Å²) in [6, 6.07) is 24.9. The number of rotatable bonds is 10. The second kappa shape index (κ2) is 17.0. The number of aromatic amines is 1. The zero-order valence-electron chi connectivity index (χ0n) is 35.9. The summed E-state index contributed by atoms with van der Waals surface area (Å²) in [5.74, 6) is 0.210. The number of fused-ring (bicyclic) bond motifs is 1. The van der Waals surface area contributed by atoms with E-state index in [1.54, 1.807) is 22.1 Å². The lowest BCUT2D eigenvalue weighted by Crippen LogP contribution is -2.49. The first-order valence-electron chi connectivity index (χ1n) is 21.6. The van der Waals surface area contributed by atoms with E-state index in [-0.39, 0.29) is 23.4 Å². The molecule has 0 bridgehead atoms. The van der Waals surface area contributed by atoms with E-state index in [1.165, 1.54) is 24.2 Å². The molecule has 0 aliphatic carbocycles. The van der Waals surface area contributed by atoms with Gasteiger partial charge >= 0.3 is 6.03 Å². The molecule has 3 aliphatic rings. The van der Waals surface area contributed by atoms with Gasteiger partial charge in [0.05, 0.1) is 17.4 Å². The Kier molecular flexibility index (Phi) is 11.2. The fourth-order valence-corrected chi connectivity index (χ4v) is 8.76. The molecule has 3 aliphatic heterocycles. The lowest BCUT2D eigenvalue weighted by Gasteiger charge is -2.40. The van der Waals surface area contributed by atoms with Gasteiger partial charge in [-0.15, -0.1) is 5.10 Å². The fraction of sp³-hybridized carbons (Fsp3) is 0.383. The Morgan fingerprint density at radius 3 is 2.16 bits per heavy atom. The van der Waals surface area contributed by atoms with Crippen molar-refractivity contribution in [3.05, 3.63) is 102 Å². The van der Waals surface area contributed by atoms with Crippen molar-refractivity contribution in [1.82, 2.24) is 45.5 Å². The minimum absolute atomic E-state index is 0.217. The summed E-state index contributed by atoms with van der Waals surface area (Å²) in [4.78, 5) is 58.6. The molecule has 3 aromatic carbocycles. The summed E-state index contributed by atoms with van der Waals surface area (Å²) >= 11 is 0. The van der Waals surface area contributed by atoms with Crippen LogP contribution in [0.3, 0.4) is 0 Å². The number of urea groups is 1. The molecular weight excluding hydrogens is 781 g/mol. The predicted octanol–water partition coefficient (Wildman–Crippen LogP) is 6.36. The first kappa shape index (κ1) is 40.8. The molecule has 15 nitrogen and oxygen atoms in total. The Labute approximate surface area is 361 Å². The minimum atomic E-state index is -0.348. The molecule has 3 fully saturated rings. The van der Waals surface area contributed by atoms with E-state index >= 15 is 0 Å². The van der Waals surface area contributed by atoms with Crippen LogP contribution < -0.4 is 25.3 Å². The van der Waals surface area contributed by atoms with Gasteiger partial charge in [0.15, 0.2) is 5.69 Å². The Balaban J connectivity index is 0.759. The van der Waals surface area contributed by atoms with Crippen LogP contribution in [0.2, 0.25) is 0 Å². The normalized spacial score (nSPS) is 16.9. The predicted molar refractivity (Wildman–Crippen MR) is 241 cm³/mol. The van der Waals surface area contributed by atoms with E-state index in [9.17, 15) is 14.4 Å². The number of anilines is 3. The van der Waals surface area contributed by atoms with E-state index in [0.717, 1.165) is 96.2 Å². The van der Waals surface area contributed by atoms with Gasteiger partial charge in [-0.1, -0.05) is 29.5 Å². The number of nitrogens with one attached hydrogen (secondary N) is 3. The molecule has 0 unspecified atom stereocenters. The Morgan fingerprint density at radius 1 is 0.806 bits per heavy atom. The molecule has 3 N–H and O–H groups in total. The van der Waals surface area contributed by atoms with Crippen LogP contribution in [0.5, 0.6) is 0 Å². The van der Waals surface area contributed by atoms with Crippen molar-refractivity contribution in [2.75, 3.05) is 67.1 Å². The summed E-state index contributed by atoms with van der Waals surface area (Å²) in [6.07, 6.45) is 5.94. The number of piperazine rings is 1. The highest BCUT2D eigenvalue weighted by Gasteiger charge is 2.27. The Morgan fingerprint density at radius 2 is 1.48 bits per heavy atom. The van der Waals surface area contributed by atoms with Crippen LogP contribution in [0.1, 0.15) is 61.6 Å². The number of H-pyrrole nitrogens is 1. The van der Waals surface area contributed by atoms with Crippen LogP contribution in [0.15, 0.2) is 85.3 Å². The SMILES string of the molecule is Cc1cc(-c2ncnc3[nH]c(-c4ccc(N5CCN(CC6CCN(c7ccc(N8CCC(=O)NC8=O)cc7)CC6)CC5)cc4)cc23)ccc1CNC(=O)c1cn(C(C)(C)C)nn1. The number of amides is 4. The standard InChI is InChI=1S/C47H54N12O3/c1-31-25-34(5-6-35(31)27-48-45(61)41-29-59(54-53-41)47(2,3)4)43-39-26-40(51-44(39)50-30-49-43)33-7-9-36(10-8-33)57-23-21-55(22-24-57)28-32-15-18-56(19-16-32)37-11-13-38(14-12-37)58-20-17-42(60)52-46(58)62/h5-14,25-26,29-30,32H,15-24,27-28H2,1-4H3,(H,48,61)(H,49,50,51)(H,52,60,62). The van der Waals surface area contributed by atoms with E-state index < -0.39 is 0 Å². The lowest BCUT2D eigenvalue weighted by molar-refractivity contribution is -0.120. The largest absolute Gasteiger partial charge is 0.372 e. The number of nitrogens with zero attached hydrogens (tertiary/aromatic N) is 9. The molecule has 3 aromatic heterocycles. The molecule has 0 radical (unpaired) electrons. The van der Waals surface area contributed by atoms with Crippen LogP contribution in [-0.2, 0) is 16.9 Å². The van der Waals surface area contributed by atoms with E-state index in [2.05, 4.69) is 94.1 Å². The summed E-state index contributed by atoms with van der Waals surface area (Å²) < 4.78 is 1.69. The van der Waals surface area contributed by atoms with Gasteiger partial charge in [-0.25, -0.2) is 19.4 Å². The van der Waals surface area contributed by atoms with Gasteiger partial charge in [-0.3, -0.25) is 24.7 Å². The van der Waals surface area contributed by atoms with Gasteiger partial charge in [-0.05, 0) is 112 Å². The quantitative estimate of drug-likeness (QED) is 0.142. The zero-order chi connectivity index (χ0) is 43.0. The maximum atomic E-state index is 12.8. The highest BCUT2D eigenvalue weighted by molar-refractivity contribution is 6.05. The highest BCUT2D eigenvalue weighted by atomic mass is 16.2. The average molecular weight is 835 g/mol. The van der Waals surface area contributed by atoms with Crippen molar-refractivity contribution in [1.29, 1.82) is 0 Å². The third-order valence-corrected chi connectivity index (χ3v) is 12.5. The first-order valence-corrected chi connectivity index (χ1v) is 21.6. The number of hydrogen-bond acceptors (Lipinski definition) is 10. The second-order valence-corrected chi connectivity index (χ2v) is 17.7. The van der Waals surface area contributed by atoms with Crippen molar-refractivity contribution in [3.63, 3.8) is 0 Å². The van der Waals surface area contributed by atoms with Gasteiger partial charge in [0.1, 0.15) is 12.0 Å². The van der Waals surface area contributed by atoms with Crippen molar-refractivity contribution >= 4 is 45.9 Å². The topological polar surface area (TPSA) is 161 Å². The van der Waals surface area contributed by atoms with Crippen molar-refractivity contribution in [2.24, 2.45) is 5.92 Å². The van der Waals surface area contributed by atoms with Crippen molar-refractivity contribution in [2.45, 2.75) is 59.0 Å². The van der Waals surface area contributed by atoms with Crippen LogP contribution in [0, 0.1) is 12.8 Å². The molecule has 6 aromatic rings. The number of carbonyl (C=O) groups is 3. The smallest absolute Gasteiger partial charge is 0.328 e. The number of piperidine rings is 1. The third-order valence-electron chi connectivity index (χ3n) is 12.5. The molecule has 9 rings (SSSR count). The second-order valence-electron chi connectivity index (χ2n) is 17.7. The number of aryl methyl sites for hydroxylation is 1. The van der Waals surface area contributed by atoms with Crippen LogP contribution in [0.25, 0.3) is 33.5 Å². The fourth-order valence-electron chi connectivity index (χ4n) is 8.76. The van der Waals surface area contributed by atoms with E-state index in [4.69, 9.17) is 4.98 Å².